The highest BCUT2D eigenvalue weighted by Gasteiger charge is 2.19. The van der Waals surface area contributed by atoms with Gasteiger partial charge >= 0.3 is 5.97 Å². The number of nitrogens with zero attached hydrogens (tertiary/aromatic N) is 1. The SMILES string of the molecule is CCCCCC[C@H](CC(=O)OCC)C[N+](=O)[O-]. The van der Waals surface area contributed by atoms with Gasteiger partial charge in [-0.05, 0) is 13.3 Å². The van der Waals surface area contributed by atoms with Crippen molar-refractivity contribution < 1.29 is 14.5 Å². The monoisotopic (exact) mass is 245 g/mol. The first-order chi connectivity index (χ1) is 8.10. The predicted molar refractivity (Wildman–Crippen MR) is 65.4 cm³/mol. The van der Waals surface area contributed by atoms with Crippen molar-refractivity contribution in [2.75, 3.05) is 13.2 Å². The molecule has 0 bridgehead atoms. The third kappa shape index (κ3) is 9.78. The van der Waals surface area contributed by atoms with E-state index in [4.69, 9.17) is 4.74 Å². The third-order valence-corrected chi connectivity index (χ3v) is 2.63. The Morgan fingerprint density at radius 3 is 2.53 bits per heavy atom. The number of ether oxygens (including phenoxy) is 1. The molecule has 0 aliphatic carbocycles. The van der Waals surface area contributed by atoms with Crippen LogP contribution in [0.5, 0.6) is 0 Å². The summed E-state index contributed by atoms with van der Waals surface area (Å²) in [6.45, 7) is 4.06. The van der Waals surface area contributed by atoms with Crippen molar-refractivity contribution in [1.82, 2.24) is 0 Å². The zero-order valence-electron chi connectivity index (χ0n) is 10.8. The molecular formula is C12H23NO4. The lowest BCUT2D eigenvalue weighted by Crippen LogP contribution is -2.19. The highest BCUT2D eigenvalue weighted by Crippen LogP contribution is 2.15. The zero-order valence-corrected chi connectivity index (χ0v) is 10.8. The fraction of sp³-hybridized carbons (Fsp3) is 0.917. The molecule has 5 heteroatoms. The first kappa shape index (κ1) is 15.9. The van der Waals surface area contributed by atoms with Gasteiger partial charge in [0.2, 0.25) is 6.54 Å². The Labute approximate surface area is 103 Å². The van der Waals surface area contributed by atoms with Crippen molar-refractivity contribution in [1.29, 1.82) is 0 Å². The van der Waals surface area contributed by atoms with Gasteiger partial charge in [-0.25, -0.2) is 0 Å². The molecule has 0 aliphatic heterocycles. The highest BCUT2D eigenvalue weighted by molar-refractivity contribution is 5.69. The summed E-state index contributed by atoms with van der Waals surface area (Å²) in [5.74, 6) is -0.504. The molecule has 0 aromatic heterocycles. The molecule has 0 fully saturated rings. The van der Waals surface area contributed by atoms with Crippen LogP contribution in [0.3, 0.4) is 0 Å². The lowest BCUT2D eigenvalue weighted by molar-refractivity contribution is -0.488. The van der Waals surface area contributed by atoms with Gasteiger partial charge in [-0.3, -0.25) is 14.9 Å². The molecule has 0 aromatic rings. The molecule has 0 spiro atoms. The minimum atomic E-state index is -0.344. The normalized spacial score (nSPS) is 12.1. The van der Waals surface area contributed by atoms with Crippen LogP contribution in [-0.4, -0.2) is 24.0 Å². The average molecular weight is 245 g/mol. The van der Waals surface area contributed by atoms with E-state index in [9.17, 15) is 14.9 Å². The number of carbonyl (C=O) groups is 1. The van der Waals surface area contributed by atoms with Crippen molar-refractivity contribution in [2.24, 2.45) is 5.92 Å². The Bertz CT molecular complexity index is 231. The molecule has 0 amide bonds. The molecule has 0 heterocycles. The highest BCUT2D eigenvalue weighted by atomic mass is 16.6. The lowest BCUT2D eigenvalue weighted by atomic mass is 9.97. The molecule has 0 saturated carbocycles. The van der Waals surface area contributed by atoms with Gasteiger partial charge in [0.05, 0.1) is 13.0 Å². The standard InChI is InChI=1S/C12H23NO4/c1-3-5-6-7-8-11(10-13(15)16)9-12(14)17-4-2/h11H,3-10H2,1-2H3/t11-/m1/s1. The second kappa shape index (κ2) is 10.1. The van der Waals surface area contributed by atoms with Crippen LogP contribution in [0.1, 0.15) is 52.4 Å². The third-order valence-electron chi connectivity index (χ3n) is 2.63. The zero-order chi connectivity index (χ0) is 13.1. The van der Waals surface area contributed by atoms with Gasteiger partial charge in [0.1, 0.15) is 0 Å². The van der Waals surface area contributed by atoms with E-state index in [2.05, 4.69) is 6.92 Å². The topological polar surface area (TPSA) is 69.4 Å². The van der Waals surface area contributed by atoms with Gasteiger partial charge in [0.15, 0.2) is 0 Å². The van der Waals surface area contributed by atoms with Crippen molar-refractivity contribution in [3.05, 3.63) is 10.1 Å². The Balaban J connectivity index is 3.95. The van der Waals surface area contributed by atoms with Crippen LogP contribution in [0.15, 0.2) is 0 Å². The first-order valence-electron chi connectivity index (χ1n) is 6.37. The first-order valence-corrected chi connectivity index (χ1v) is 6.37. The number of rotatable bonds is 10. The van der Waals surface area contributed by atoms with Crippen LogP contribution in [0.25, 0.3) is 0 Å². The minimum Gasteiger partial charge on any atom is -0.466 e. The Kier molecular flexibility index (Phi) is 9.38. The summed E-state index contributed by atoms with van der Waals surface area (Å²) in [6, 6.07) is 0. The lowest BCUT2D eigenvalue weighted by Gasteiger charge is -2.11. The van der Waals surface area contributed by atoms with Crippen molar-refractivity contribution >= 4 is 5.97 Å². The summed E-state index contributed by atoms with van der Waals surface area (Å²) in [7, 11) is 0. The quantitative estimate of drug-likeness (QED) is 0.257. The molecule has 0 N–H and O–H groups in total. The van der Waals surface area contributed by atoms with Gasteiger partial charge in [0, 0.05) is 10.8 Å². The fourth-order valence-electron chi connectivity index (χ4n) is 1.78. The van der Waals surface area contributed by atoms with Crippen molar-refractivity contribution in [3.63, 3.8) is 0 Å². The molecule has 0 saturated heterocycles. The summed E-state index contributed by atoms with van der Waals surface area (Å²) in [5, 5.41) is 10.5. The smallest absolute Gasteiger partial charge is 0.306 e. The van der Waals surface area contributed by atoms with Gasteiger partial charge < -0.3 is 4.74 Å². The predicted octanol–water partition coefficient (Wildman–Crippen LogP) is 2.80. The van der Waals surface area contributed by atoms with Crippen LogP contribution in [0.2, 0.25) is 0 Å². The van der Waals surface area contributed by atoms with E-state index < -0.39 is 0 Å². The molecule has 0 aromatic carbocycles. The van der Waals surface area contributed by atoms with Crippen LogP contribution in [0.4, 0.5) is 0 Å². The minimum absolute atomic E-state index is 0.134. The summed E-state index contributed by atoms with van der Waals surface area (Å²) in [6.07, 6.45) is 5.21. The van der Waals surface area contributed by atoms with Crippen molar-refractivity contribution in [2.45, 2.75) is 52.4 Å². The molecule has 0 unspecified atom stereocenters. The maximum atomic E-state index is 11.3. The van der Waals surface area contributed by atoms with Gasteiger partial charge in [-0.15, -0.1) is 0 Å². The number of hydrogen-bond acceptors (Lipinski definition) is 4. The summed E-state index contributed by atoms with van der Waals surface area (Å²) in [5.41, 5.74) is 0. The number of hydrogen-bond donors (Lipinski definition) is 0. The molecule has 0 aliphatic rings. The number of nitro groups is 1. The van der Waals surface area contributed by atoms with Crippen LogP contribution in [0, 0.1) is 16.0 Å². The van der Waals surface area contributed by atoms with Crippen LogP contribution < -0.4 is 0 Å². The summed E-state index contributed by atoms with van der Waals surface area (Å²) >= 11 is 0. The molecule has 5 nitrogen and oxygen atoms in total. The molecule has 17 heavy (non-hydrogen) atoms. The van der Waals surface area contributed by atoms with E-state index in [0.29, 0.717) is 6.61 Å². The Hall–Kier alpha value is -1.13. The molecular weight excluding hydrogens is 222 g/mol. The summed E-state index contributed by atoms with van der Waals surface area (Å²) in [4.78, 5) is 21.4. The van der Waals surface area contributed by atoms with E-state index in [1.165, 1.54) is 0 Å². The van der Waals surface area contributed by atoms with Gasteiger partial charge in [0.25, 0.3) is 0 Å². The van der Waals surface area contributed by atoms with Crippen LogP contribution in [-0.2, 0) is 9.53 Å². The second-order valence-corrected chi connectivity index (χ2v) is 4.24. The average Bonchev–Trinajstić information content (AvgIpc) is 2.23. The molecule has 1 atom stereocenters. The number of unbranched alkanes of at least 4 members (excludes halogenated alkanes) is 3. The van der Waals surface area contributed by atoms with E-state index in [0.717, 1.165) is 32.1 Å². The van der Waals surface area contributed by atoms with Gasteiger partial charge in [-0.1, -0.05) is 32.6 Å². The fourth-order valence-corrected chi connectivity index (χ4v) is 1.78. The van der Waals surface area contributed by atoms with Crippen molar-refractivity contribution in [3.8, 4) is 0 Å². The number of carbonyl (C=O) groups excluding carboxylic acids is 1. The van der Waals surface area contributed by atoms with Crippen LogP contribution >= 0.6 is 0 Å². The maximum Gasteiger partial charge on any atom is 0.306 e. The summed E-state index contributed by atoms with van der Waals surface area (Å²) < 4.78 is 4.82. The maximum absolute atomic E-state index is 11.3. The molecule has 100 valence electrons. The van der Waals surface area contributed by atoms with E-state index in [-0.39, 0.29) is 29.8 Å². The largest absolute Gasteiger partial charge is 0.466 e. The molecule has 0 rings (SSSR count). The van der Waals surface area contributed by atoms with Gasteiger partial charge in [-0.2, -0.15) is 0 Å². The Morgan fingerprint density at radius 1 is 1.29 bits per heavy atom. The van der Waals surface area contributed by atoms with E-state index in [1.807, 2.05) is 0 Å². The number of esters is 1. The second-order valence-electron chi connectivity index (χ2n) is 4.24. The van der Waals surface area contributed by atoms with E-state index >= 15 is 0 Å². The molecule has 0 radical (unpaired) electrons. The Morgan fingerprint density at radius 2 is 2.00 bits per heavy atom. The van der Waals surface area contributed by atoms with E-state index in [1.54, 1.807) is 6.92 Å².